The third-order valence-electron chi connectivity index (χ3n) is 2.93. The van der Waals surface area contributed by atoms with Crippen LogP contribution < -0.4 is 9.47 Å². The van der Waals surface area contributed by atoms with Crippen molar-refractivity contribution in [2.75, 3.05) is 0 Å². The molecule has 5 nitrogen and oxygen atoms in total. The van der Waals surface area contributed by atoms with Crippen LogP contribution in [0.5, 0.6) is 17.2 Å². The number of rotatable bonds is 2. The third-order valence-corrected chi connectivity index (χ3v) is 2.93. The predicted molar refractivity (Wildman–Crippen MR) is 67.0 cm³/mol. The average Bonchev–Trinajstić information content (AvgIpc) is 2.39. The topological polar surface area (TPSA) is 71.8 Å². The number of hydrogen-bond donors (Lipinski definition) is 2. The zero-order valence-electron chi connectivity index (χ0n) is 10.1. The highest BCUT2D eigenvalue weighted by atomic mass is 16.7. The molecule has 98 valence electrons. The maximum Gasteiger partial charge on any atom is 0.244 e. The Hall–Kier alpha value is -2.27. The summed E-state index contributed by atoms with van der Waals surface area (Å²) in [6.45, 7) is 0. The summed E-state index contributed by atoms with van der Waals surface area (Å²) < 4.78 is 11.2. The second-order valence-electron chi connectivity index (χ2n) is 4.33. The molecule has 0 saturated carbocycles. The molecule has 2 unspecified atom stereocenters. The van der Waals surface area contributed by atoms with Gasteiger partial charge in [-0.05, 0) is 24.3 Å². The number of hydrogen-bond acceptors (Lipinski definition) is 5. The predicted octanol–water partition coefficient (Wildman–Crippen LogP) is 2.01. The molecular weight excluding hydrogens is 246 g/mol. The van der Waals surface area contributed by atoms with Gasteiger partial charge < -0.3 is 19.7 Å². The molecule has 0 bridgehead atoms. The van der Waals surface area contributed by atoms with E-state index in [1.54, 1.807) is 30.6 Å². The van der Waals surface area contributed by atoms with Crippen molar-refractivity contribution in [3.8, 4) is 17.2 Å². The lowest BCUT2D eigenvalue weighted by molar-refractivity contribution is -0.0501. The Labute approximate surface area is 110 Å². The van der Waals surface area contributed by atoms with E-state index >= 15 is 0 Å². The van der Waals surface area contributed by atoms with E-state index in [0.29, 0.717) is 23.5 Å². The first-order valence-corrected chi connectivity index (χ1v) is 5.97. The van der Waals surface area contributed by atoms with Gasteiger partial charge in [-0.1, -0.05) is 0 Å². The van der Waals surface area contributed by atoms with Gasteiger partial charge in [-0.15, -0.1) is 0 Å². The van der Waals surface area contributed by atoms with Crippen LogP contribution in [0.4, 0.5) is 0 Å². The van der Waals surface area contributed by atoms with E-state index in [4.69, 9.17) is 9.47 Å². The first kappa shape index (κ1) is 11.8. The Bertz CT molecular complexity index is 573. The van der Waals surface area contributed by atoms with Gasteiger partial charge in [0.2, 0.25) is 6.29 Å². The monoisotopic (exact) mass is 259 g/mol. The summed E-state index contributed by atoms with van der Waals surface area (Å²) in [4.78, 5) is 3.94. The van der Waals surface area contributed by atoms with Crippen LogP contribution in [-0.2, 0) is 0 Å². The number of aromatic nitrogens is 1. The number of phenols is 1. The molecule has 0 spiro atoms. The van der Waals surface area contributed by atoms with Crippen molar-refractivity contribution < 1.29 is 19.7 Å². The molecule has 0 saturated heterocycles. The summed E-state index contributed by atoms with van der Waals surface area (Å²) in [7, 11) is 0. The summed E-state index contributed by atoms with van der Waals surface area (Å²) >= 11 is 0. The molecular formula is C14H13NO4. The fraction of sp³-hybridized carbons (Fsp3) is 0.214. The van der Waals surface area contributed by atoms with Gasteiger partial charge in [0.25, 0.3) is 0 Å². The molecule has 2 aromatic rings. The third kappa shape index (κ3) is 2.46. The lowest BCUT2D eigenvalue weighted by Gasteiger charge is -2.29. The molecule has 0 amide bonds. The van der Waals surface area contributed by atoms with Crippen LogP contribution in [0.25, 0.3) is 0 Å². The number of benzene rings is 1. The largest absolute Gasteiger partial charge is 0.508 e. The van der Waals surface area contributed by atoms with E-state index in [1.807, 2.05) is 0 Å². The van der Waals surface area contributed by atoms with Crippen LogP contribution >= 0.6 is 0 Å². The van der Waals surface area contributed by atoms with Crippen molar-refractivity contribution >= 4 is 0 Å². The number of aromatic hydroxyl groups is 1. The Balaban J connectivity index is 1.81. The van der Waals surface area contributed by atoms with Gasteiger partial charge in [-0.25, -0.2) is 0 Å². The number of aliphatic hydroxyl groups excluding tert-OH is 1. The van der Waals surface area contributed by atoms with E-state index in [1.165, 1.54) is 12.1 Å². The SMILES string of the molecule is Oc1ccc2c(c1)OC(Oc1cccnc1)CC2O. The van der Waals surface area contributed by atoms with Gasteiger partial charge in [0.15, 0.2) is 0 Å². The van der Waals surface area contributed by atoms with Gasteiger partial charge in [-0.2, -0.15) is 0 Å². The van der Waals surface area contributed by atoms with Crippen LogP contribution in [0.1, 0.15) is 18.1 Å². The summed E-state index contributed by atoms with van der Waals surface area (Å²) in [5, 5.41) is 19.5. The van der Waals surface area contributed by atoms with Gasteiger partial charge in [0, 0.05) is 17.8 Å². The number of nitrogens with zero attached hydrogens (tertiary/aromatic N) is 1. The fourth-order valence-electron chi connectivity index (χ4n) is 2.04. The highest BCUT2D eigenvalue weighted by Gasteiger charge is 2.28. The summed E-state index contributed by atoms with van der Waals surface area (Å²) in [6.07, 6.45) is 2.27. The van der Waals surface area contributed by atoms with Crippen LogP contribution in [0.15, 0.2) is 42.7 Å². The molecule has 1 aliphatic heterocycles. The number of fused-ring (bicyclic) bond motifs is 1. The van der Waals surface area contributed by atoms with E-state index in [9.17, 15) is 10.2 Å². The van der Waals surface area contributed by atoms with E-state index in [0.717, 1.165) is 0 Å². The molecule has 3 rings (SSSR count). The number of phenolic OH excluding ortho intramolecular Hbond substituents is 1. The van der Waals surface area contributed by atoms with E-state index in [-0.39, 0.29) is 5.75 Å². The standard InChI is InChI=1S/C14H13NO4/c16-9-3-4-11-12(17)7-14(19-13(11)6-9)18-10-2-1-5-15-8-10/h1-6,8,12,14,16-17H,7H2. The molecule has 0 fully saturated rings. The lowest BCUT2D eigenvalue weighted by atomic mass is 10.0. The Morgan fingerprint density at radius 3 is 3.00 bits per heavy atom. The van der Waals surface area contributed by atoms with E-state index < -0.39 is 12.4 Å². The fourth-order valence-corrected chi connectivity index (χ4v) is 2.04. The van der Waals surface area contributed by atoms with Crippen molar-refractivity contribution in [1.29, 1.82) is 0 Å². The van der Waals surface area contributed by atoms with Crippen LogP contribution in [0.3, 0.4) is 0 Å². The van der Waals surface area contributed by atoms with Crippen molar-refractivity contribution in [3.05, 3.63) is 48.3 Å². The smallest absolute Gasteiger partial charge is 0.244 e. The van der Waals surface area contributed by atoms with Crippen molar-refractivity contribution in [2.45, 2.75) is 18.8 Å². The molecule has 19 heavy (non-hydrogen) atoms. The molecule has 2 atom stereocenters. The highest BCUT2D eigenvalue weighted by molar-refractivity contribution is 5.42. The molecule has 1 aromatic heterocycles. The maximum atomic E-state index is 10.0. The minimum absolute atomic E-state index is 0.0907. The summed E-state index contributed by atoms with van der Waals surface area (Å²) in [6, 6.07) is 8.16. The normalized spacial score (nSPS) is 21.3. The molecule has 2 heterocycles. The molecule has 1 aliphatic rings. The van der Waals surface area contributed by atoms with Crippen LogP contribution in [-0.4, -0.2) is 21.5 Å². The molecule has 5 heteroatoms. The van der Waals surface area contributed by atoms with Crippen LogP contribution in [0.2, 0.25) is 0 Å². The maximum absolute atomic E-state index is 10.0. The zero-order valence-corrected chi connectivity index (χ0v) is 10.1. The van der Waals surface area contributed by atoms with E-state index in [2.05, 4.69) is 4.98 Å². The minimum atomic E-state index is -0.675. The van der Waals surface area contributed by atoms with Gasteiger partial charge in [0.05, 0.1) is 18.7 Å². The number of ether oxygens (including phenoxy) is 2. The molecule has 0 radical (unpaired) electrons. The second-order valence-corrected chi connectivity index (χ2v) is 4.33. The second kappa shape index (κ2) is 4.78. The molecule has 0 aliphatic carbocycles. The first-order valence-electron chi connectivity index (χ1n) is 5.97. The van der Waals surface area contributed by atoms with Crippen molar-refractivity contribution in [3.63, 3.8) is 0 Å². The minimum Gasteiger partial charge on any atom is -0.508 e. The Morgan fingerprint density at radius 1 is 1.32 bits per heavy atom. The Morgan fingerprint density at radius 2 is 2.21 bits per heavy atom. The number of pyridine rings is 1. The average molecular weight is 259 g/mol. The van der Waals surface area contributed by atoms with Gasteiger partial charge >= 0.3 is 0 Å². The molecule has 2 N–H and O–H groups in total. The Kier molecular flexibility index (Phi) is 2.97. The summed E-state index contributed by atoms with van der Waals surface area (Å²) in [5.41, 5.74) is 0.656. The first-order chi connectivity index (χ1) is 9.22. The number of aliphatic hydroxyl groups is 1. The van der Waals surface area contributed by atoms with Crippen LogP contribution in [0, 0.1) is 0 Å². The van der Waals surface area contributed by atoms with Crippen molar-refractivity contribution in [2.24, 2.45) is 0 Å². The zero-order chi connectivity index (χ0) is 13.2. The molecule has 1 aromatic carbocycles. The lowest BCUT2D eigenvalue weighted by Crippen LogP contribution is -2.30. The van der Waals surface area contributed by atoms with Gasteiger partial charge in [0.1, 0.15) is 17.2 Å². The quantitative estimate of drug-likeness (QED) is 0.863. The van der Waals surface area contributed by atoms with Gasteiger partial charge in [-0.3, -0.25) is 4.98 Å². The highest BCUT2D eigenvalue weighted by Crippen LogP contribution is 2.37. The van der Waals surface area contributed by atoms with Crippen molar-refractivity contribution in [1.82, 2.24) is 4.98 Å². The summed E-state index contributed by atoms with van der Waals surface area (Å²) in [5.74, 6) is 1.10.